The maximum atomic E-state index is 6.13. The summed E-state index contributed by atoms with van der Waals surface area (Å²) in [6.45, 7) is 2.01. The van der Waals surface area contributed by atoms with Gasteiger partial charge in [-0.3, -0.25) is 4.68 Å². The Morgan fingerprint density at radius 2 is 1.83 bits per heavy atom. The van der Waals surface area contributed by atoms with Gasteiger partial charge in [-0.25, -0.2) is 0 Å². The number of halogens is 3. The molecule has 2 rings (SSSR count). The van der Waals surface area contributed by atoms with Crippen LogP contribution >= 0.6 is 34.8 Å². The molecule has 1 aromatic carbocycles. The highest BCUT2D eigenvalue weighted by Gasteiger charge is 2.14. The lowest BCUT2D eigenvalue weighted by molar-refractivity contribution is 0.676. The Labute approximate surface area is 121 Å². The van der Waals surface area contributed by atoms with Gasteiger partial charge in [0.25, 0.3) is 0 Å². The molecule has 3 nitrogen and oxygen atoms in total. The van der Waals surface area contributed by atoms with Crippen molar-refractivity contribution < 1.29 is 0 Å². The van der Waals surface area contributed by atoms with Gasteiger partial charge in [-0.1, -0.05) is 34.8 Å². The standard InChI is InChI=1S/C12H12Cl3N3/c1-7(11-3-4-16-18(11)2)17-12-9(14)5-8(13)6-10(12)15/h3-7,17H,1-2H3. The van der Waals surface area contributed by atoms with Gasteiger partial charge in [0.15, 0.2) is 0 Å². The normalized spacial score (nSPS) is 12.5. The summed E-state index contributed by atoms with van der Waals surface area (Å²) < 4.78 is 1.80. The Morgan fingerprint density at radius 1 is 1.22 bits per heavy atom. The lowest BCUT2D eigenvalue weighted by atomic mass is 10.2. The van der Waals surface area contributed by atoms with E-state index in [0.717, 1.165) is 5.69 Å². The first-order valence-electron chi connectivity index (χ1n) is 5.38. The van der Waals surface area contributed by atoms with Gasteiger partial charge in [0.1, 0.15) is 0 Å². The third-order valence-electron chi connectivity index (χ3n) is 2.67. The van der Waals surface area contributed by atoms with E-state index in [1.165, 1.54) is 0 Å². The molecule has 0 aliphatic rings. The molecule has 1 aromatic heterocycles. The van der Waals surface area contributed by atoms with Crippen molar-refractivity contribution in [3.8, 4) is 0 Å². The van der Waals surface area contributed by atoms with Crippen LogP contribution in [0.1, 0.15) is 18.7 Å². The van der Waals surface area contributed by atoms with Crippen molar-refractivity contribution in [2.45, 2.75) is 13.0 Å². The predicted octanol–water partition coefficient (Wildman–Crippen LogP) is 4.55. The largest absolute Gasteiger partial charge is 0.375 e. The van der Waals surface area contributed by atoms with Crippen molar-refractivity contribution in [2.24, 2.45) is 7.05 Å². The Hall–Kier alpha value is -0.900. The van der Waals surface area contributed by atoms with Crippen LogP contribution in [0.15, 0.2) is 24.4 Å². The Bertz CT molecular complexity index is 542. The number of hydrogen-bond donors (Lipinski definition) is 1. The third kappa shape index (κ3) is 2.74. The molecule has 2 aromatic rings. The van der Waals surface area contributed by atoms with Gasteiger partial charge in [0, 0.05) is 18.3 Å². The molecule has 0 spiro atoms. The van der Waals surface area contributed by atoms with Crippen LogP contribution in [0.3, 0.4) is 0 Å². The summed E-state index contributed by atoms with van der Waals surface area (Å²) in [6.07, 6.45) is 1.75. The smallest absolute Gasteiger partial charge is 0.0725 e. The van der Waals surface area contributed by atoms with E-state index in [-0.39, 0.29) is 6.04 Å². The molecule has 0 fully saturated rings. The molecular weight excluding hydrogens is 293 g/mol. The SMILES string of the molecule is CC(Nc1c(Cl)cc(Cl)cc1Cl)c1ccnn1C. The predicted molar refractivity (Wildman–Crippen MR) is 76.7 cm³/mol. The lowest BCUT2D eigenvalue weighted by Gasteiger charge is -2.18. The van der Waals surface area contributed by atoms with Crippen LogP contribution in [-0.2, 0) is 7.05 Å². The summed E-state index contributed by atoms with van der Waals surface area (Å²) in [5.74, 6) is 0. The average molecular weight is 305 g/mol. The fourth-order valence-electron chi connectivity index (χ4n) is 1.78. The van der Waals surface area contributed by atoms with Crippen molar-refractivity contribution in [2.75, 3.05) is 5.32 Å². The lowest BCUT2D eigenvalue weighted by Crippen LogP contribution is -2.11. The van der Waals surface area contributed by atoms with E-state index < -0.39 is 0 Å². The summed E-state index contributed by atoms with van der Waals surface area (Å²) in [4.78, 5) is 0. The van der Waals surface area contributed by atoms with E-state index in [4.69, 9.17) is 34.8 Å². The second-order valence-electron chi connectivity index (χ2n) is 3.99. The van der Waals surface area contributed by atoms with E-state index in [2.05, 4.69) is 10.4 Å². The van der Waals surface area contributed by atoms with Gasteiger partial charge >= 0.3 is 0 Å². The topological polar surface area (TPSA) is 29.9 Å². The van der Waals surface area contributed by atoms with E-state index >= 15 is 0 Å². The second-order valence-corrected chi connectivity index (χ2v) is 5.24. The molecule has 6 heteroatoms. The molecule has 1 N–H and O–H groups in total. The first kappa shape index (κ1) is 13.5. The Balaban J connectivity index is 2.27. The van der Waals surface area contributed by atoms with Crippen molar-refractivity contribution in [1.29, 1.82) is 0 Å². The number of rotatable bonds is 3. The van der Waals surface area contributed by atoms with E-state index in [0.29, 0.717) is 20.8 Å². The van der Waals surface area contributed by atoms with Gasteiger partial charge in [-0.2, -0.15) is 5.10 Å². The zero-order valence-electron chi connectivity index (χ0n) is 9.92. The third-order valence-corrected chi connectivity index (χ3v) is 3.48. The number of nitrogens with one attached hydrogen (secondary N) is 1. The van der Waals surface area contributed by atoms with Gasteiger partial charge in [0.05, 0.1) is 27.5 Å². The number of benzene rings is 1. The van der Waals surface area contributed by atoms with Crippen LogP contribution in [0.2, 0.25) is 15.1 Å². The summed E-state index contributed by atoms with van der Waals surface area (Å²) in [7, 11) is 1.89. The summed E-state index contributed by atoms with van der Waals surface area (Å²) in [6, 6.07) is 5.30. The number of hydrogen-bond acceptors (Lipinski definition) is 2. The van der Waals surface area contributed by atoms with Gasteiger partial charge in [0.2, 0.25) is 0 Å². The van der Waals surface area contributed by atoms with Crippen molar-refractivity contribution in [1.82, 2.24) is 9.78 Å². The molecule has 1 atom stereocenters. The highest BCUT2D eigenvalue weighted by molar-refractivity contribution is 6.41. The molecular formula is C12H12Cl3N3. The van der Waals surface area contributed by atoms with Crippen LogP contribution < -0.4 is 5.32 Å². The molecule has 0 bridgehead atoms. The second kappa shape index (κ2) is 5.39. The van der Waals surface area contributed by atoms with Crippen LogP contribution in [-0.4, -0.2) is 9.78 Å². The number of nitrogens with zero attached hydrogens (tertiary/aromatic N) is 2. The summed E-state index contributed by atoms with van der Waals surface area (Å²) in [5.41, 5.74) is 1.72. The maximum Gasteiger partial charge on any atom is 0.0725 e. The van der Waals surface area contributed by atoms with Gasteiger partial charge in [-0.15, -0.1) is 0 Å². The summed E-state index contributed by atoms with van der Waals surface area (Å²) in [5, 5.41) is 8.91. The average Bonchev–Trinajstić information content (AvgIpc) is 2.69. The van der Waals surface area contributed by atoms with E-state index in [1.54, 1.807) is 23.0 Å². The fraction of sp³-hybridized carbons (Fsp3) is 0.250. The van der Waals surface area contributed by atoms with Crippen molar-refractivity contribution >= 4 is 40.5 Å². The molecule has 1 heterocycles. The highest BCUT2D eigenvalue weighted by atomic mass is 35.5. The number of aryl methyl sites for hydroxylation is 1. The first-order valence-corrected chi connectivity index (χ1v) is 6.51. The quantitative estimate of drug-likeness (QED) is 0.901. The molecule has 1 unspecified atom stereocenters. The molecule has 96 valence electrons. The monoisotopic (exact) mass is 303 g/mol. The zero-order valence-corrected chi connectivity index (χ0v) is 12.2. The number of aromatic nitrogens is 2. The van der Waals surface area contributed by atoms with Gasteiger partial charge < -0.3 is 5.32 Å². The van der Waals surface area contributed by atoms with E-state index in [1.807, 2.05) is 20.0 Å². The van der Waals surface area contributed by atoms with Gasteiger partial charge in [-0.05, 0) is 25.1 Å². The Morgan fingerprint density at radius 3 is 2.33 bits per heavy atom. The minimum atomic E-state index is 0.0358. The fourth-order valence-corrected chi connectivity index (χ4v) is 2.71. The van der Waals surface area contributed by atoms with E-state index in [9.17, 15) is 0 Å². The molecule has 0 radical (unpaired) electrons. The van der Waals surface area contributed by atoms with Crippen molar-refractivity contribution in [3.63, 3.8) is 0 Å². The Kier molecular flexibility index (Phi) is 4.05. The molecule has 0 aliphatic heterocycles. The van der Waals surface area contributed by atoms with Crippen LogP contribution in [0.4, 0.5) is 5.69 Å². The van der Waals surface area contributed by atoms with Crippen LogP contribution in [0, 0.1) is 0 Å². The maximum absolute atomic E-state index is 6.13. The molecule has 0 amide bonds. The van der Waals surface area contributed by atoms with Crippen molar-refractivity contribution in [3.05, 3.63) is 45.2 Å². The molecule has 18 heavy (non-hydrogen) atoms. The molecule has 0 saturated heterocycles. The van der Waals surface area contributed by atoms with Crippen LogP contribution in [0.25, 0.3) is 0 Å². The first-order chi connectivity index (χ1) is 8.49. The van der Waals surface area contributed by atoms with Crippen LogP contribution in [0.5, 0.6) is 0 Å². The molecule has 0 saturated carbocycles. The zero-order chi connectivity index (χ0) is 13.3. The summed E-state index contributed by atoms with van der Waals surface area (Å²) >= 11 is 18.1. The number of anilines is 1. The highest BCUT2D eigenvalue weighted by Crippen LogP contribution is 2.35. The molecule has 0 aliphatic carbocycles. The minimum Gasteiger partial charge on any atom is -0.375 e. The minimum absolute atomic E-state index is 0.0358.